The highest BCUT2D eigenvalue weighted by molar-refractivity contribution is 7.89. The molecule has 3 rings (SSSR count). The van der Waals surface area contributed by atoms with E-state index in [9.17, 15) is 12.8 Å². The van der Waals surface area contributed by atoms with Crippen molar-refractivity contribution in [3.63, 3.8) is 0 Å². The predicted molar refractivity (Wildman–Crippen MR) is 101 cm³/mol. The molecule has 0 atom stereocenters. The standard InChI is InChI=1S/C18H23FN2O3S2/c1-13-10-18(14(2)25-13)26(22,23)21-8-6-20(7-9-21)12-15-4-5-17(24-3)16(19)11-15/h4-5,10-11H,6-9,12H2,1-3H3. The molecule has 1 aromatic carbocycles. The van der Waals surface area contributed by atoms with E-state index in [1.165, 1.54) is 24.5 Å². The molecule has 5 nitrogen and oxygen atoms in total. The van der Waals surface area contributed by atoms with Crippen molar-refractivity contribution < 1.29 is 17.5 Å². The number of piperazine rings is 1. The van der Waals surface area contributed by atoms with Gasteiger partial charge in [0, 0.05) is 42.5 Å². The van der Waals surface area contributed by atoms with E-state index in [4.69, 9.17) is 4.74 Å². The molecule has 0 aliphatic carbocycles. The molecule has 1 aromatic heterocycles. The Bertz CT molecular complexity index is 888. The minimum absolute atomic E-state index is 0.228. The topological polar surface area (TPSA) is 49.9 Å². The number of hydrogen-bond donors (Lipinski definition) is 0. The van der Waals surface area contributed by atoms with Gasteiger partial charge in [-0.1, -0.05) is 6.07 Å². The lowest BCUT2D eigenvalue weighted by atomic mass is 10.2. The number of sulfonamides is 1. The van der Waals surface area contributed by atoms with Gasteiger partial charge in [-0.2, -0.15) is 4.31 Å². The molecule has 1 aliphatic rings. The van der Waals surface area contributed by atoms with Gasteiger partial charge in [-0.3, -0.25) is 4.90 Å². The smallest absolute Gasteiger partial charge is 0.244 e. The Balaban J connectivity index is 1.64. The Morgan fingerprint density at radius 3 is 2.38 bits per heavy atom. The molecular formula is C18H23FN2O3S2. The number of thiophene rings is 1. The molecule has 8 heteroatoms. The van der Waals surface area contributed by atoms with Crippen LogP contribution >= 0.6 is 11.3 Å². The van der Waals surface area contributed by atoms with Gasteiger partial charge in [0.25, 0.3) is 0 Å². The van der Waals surface area contributed by atoms with E-state index >= 15 is 0 Å². The fourth-order valence-corrected chi connectivity index (χ4v) is 6.14. The molecule has 0 radical (unpaired) electrons. The molecule has 0 bridgehead atoms. The second kappa shape index (κ2) is 7.64. The fraction of sp³-hybridized carbons (Fsp3) is 0.444. The van der Waals surface area contributed by atoms with E-state index < -0.39 is 10.0 Å². The summed E-state index contributed by atoms with van der Waals surface area (Å²) in [6.45, 7) is 6.47. The van der Waals surface area contributed by atoms with Crippen molar-refractivity contribution in [1.82, 2.24) is 9.21 Å². The Hall–Kier alpha value is -1.48. The summed E-state index contributed by atoms with van der Waals surface area (Å²) in [5.74, 6) is -0.152. The molecule has 26 heavy (non-hydrogen) atoms. The first kappa shape index (κ1) is 19.3. The van der Waals surface area contributed by atoms with Crippen molar-refractivity contribution in [3.8, 4) is 5.75 Å². The van der Waals surface area contributed by atoms with Crippen LogP contribution in [-0.2, 0) is 16.6 Å². The van der Waals surface area contributed by atoms with E-state index in [-0.39, 0.29) is 11.6 Å². The van der Waals surface area contributed by atoms with Crippen LogP contribution < -0.4 is 4.74 Å². The Morgan fingerprint density at radius 2 is 1.85 bits per heavy atom. The Morgan fingerprint density at radius 1 is 1.15 bits per heavy atom. The first-order chi connectivity index (χ1) is 12.3. The second-order valence-corrected chi connectivity index (χ2v) is 9.79. The van der Waals surface area contributed by atoms with Crippen LogP contribution in [0.3, 0.4) is 0 Å². The third-order valence-corrected chi connectivity index (χ3v) is 7.69. The zero-order chi connectivity index (χ0) is 18.9. The van der Waals surface area contributed by atoms with E-state index in [0.29, 0.717) is 37.6 Å². The lowest BCUT2D eigenvalue weighted by Crippen LogP contribution is -2.48. The van der Waals surface area contributed by atoms with Gasteiger partial charge in [-0.05, 0) is 37.6 Å². The summed E-state index contributed by atoms with van der Waals surface area (Å²) in [6.07, 6.45) is 0. The van der Waals surface area contributed by atoms with Crippen molar-refractivity contribution in [3.05, 3.63) is 45.4 Å². The van der Waals surface area contributed by atoms with Gasteiger partial charge in [0.15, 0.2) is 11.6 Å². The van der Waals surface area contributed by atoms with Gasteiger partial charge < -0.3 is 4.74 Å². The van der Waals surface area contributed by atoms with Crippen molar-refractivity contribution in [2.24, 2.45) is 0 Å². The zero-order valence-electron chi connectivity index (χ0n) is 15.2. The number of rotatable bonds is 5. The minimum atomic E-state index is -3.44. The predicted octanol–water partition coefficient (Wildman–Crippen LogP) is 3.02. The molecule has 2 aromatic rings. The number of nitrogens with zero attached hydrogens (tertiary/aromatic N) is 2. The fourth-order valence-electron chi connectivity index (χ4n) is 3.20. The lowest BCUT2D eigenvalue weighted by molar-refractivity contribution is 0.181. The minimum Gasteiger partial charge on any atom is -0.494 e. The van der Waals surface area contributed by atoms with Crippen LogP contribution in [0.25, 0.3) is 0 Å². The summed E-state index contributed by atoms with van der Waals surface area (Å²) < 4.78 is 46.0. The van der Waals surface area contributed by atoms with Gasteiger partial charge in [-0.25, -0.2) is 12.8 Å². The second-order valence-electron chi connectivity index (χ2n) is 6.43. The van der Waals surface area contributed by atoms with Gasteiger partial charge in [0.1, 0.15) is 0 Å². The first-order valence-electron chi connectivity index (χ1n) is 8.43. The normalized spacial score (nSPS) is 16.8. The molecule has 142 valence electrons. The average Bonchev–Trinajstić information content (AvgIpc) is 2.95. The molecule has 1 fully saturated rings. The van der Waals surface area contributed by atoms with Crippen LogP contribution in [0.15, 0.2) is 29.2 Å². The third-order valence-electron chi connectivity index (χ3n) is 4.57. The quantitative estimate of drug-likeness (QED) is 0.777. The molecule has 0 unspecified atom stereocenters. The van der Waals surface area contributed by atoms with Crippen LogP contribution in [0.2, 0.25) is 0 Å². The van der Waals surface area contributed by atoms with Crippen LogP contribution in [-0.4, -0.2) is 50.9 Å². The molecule has 0 amide bonds. The number of aryl methyl sites for hydroxylation is 2. The van der Waals surface area contributed by atoms with Crippen LogP contribution in [0.1, 0.15) is 15.3 Å². The number of methoxy groups -OCH3 is 1. The Kier molecular flexibility index (Phi) is 5.67. The summed E-state index contributed by atoms with van der Waals surface area (Å²) in [6, 6.07) is 6.68. The number of ether oxygens (including phenoxy) is 1. The maximum atomic E-state index is 13.8. The number of hydrogen-bond acceptors (Lipinski definition) is 5. The highest BCUT2D eigenvalue weighted by Crippen LogP contribution is 2.28. The van der Waals surface area contributed by atoms with Crippen molar-refractivity contribution in [2.75, 3.05) is 33.3 Å². The highest BCUT2D eigenvalue weighted by Gasteiger charge is 2.30. The summed E-state index contributed by atoms with van der Waals surface area (Å²) in [5.41, 5.74) is 0.851. The molecule has 0 N–H and O–H groups in total. The summed E-state index contributed by atoms with van der Waals surface area (Å²) >= 11 is 1.50. The van der Waals surface area contributed by atoms with Gasteiger partial charge in [0.2, 0.25) is 10.0 Å². The number of benzene rings is 1. The lowest BCUT2D eigenvalue weighted by Gasteiger charge is -2.34. The summed E-state index contributed by atoms with van der Waals surface area (Å²) in [7, 11) is -2.00. The molecule has 2 heterocycles. The van der Waals surface area contributed by atoms with E-state index in [0.717, 1.165) is 15.3 Å². The van der Waals surface area contributed by atoms with Crippen molar-refractivity contribution in [1.29, 1.82) is 0 Å². The SMILES string of the molecule is COc1ccc(CN2CCN(S(=O)(=O)c3cc(C)sc3C)CC2)cc1F. The maximum absolute atomic E-state index is 13.8. The largest absolute Gasteiger partial charge is 0.494 e. The van der Waals surface area contributed by atoms with Gasteiger partial charge >= 0.3 is 0 Å². The van der Waals surface area contributed by atoms with Crippen LogP contribution in [0, 0.1) is 19.7 Å². The highest BCUT2D eigenvalue weighted by atomic mass is 32.2. The monoisotopic (exact) mass is 398 g/mol. The van der Waals surface area contributed by atoms with E-state index in [1.54, 1.807) is 16.4 Å². The van der Waals surface area contributed by atoms with E-state index in [2.05, 4.69) is 4.90 Å². The zero-order valence-corrected chi connectivity index (χ0v) is 16.8. The van der Waals surface area contributed by atoms with Crippen molar-refractivity contribution >= 4 is 21.4 Å². The summed E-state index contributed by atoms with van der Waals surface area (Å²) in [4.78, 5) is 4.39. The van der Waals surface area contributed by atoms with E-state index in [1.807, 2.05) is 19.9 Å². The van der Waals surface area contributed by atoms with Gasteiger partial charge in [0.05, 0.1) is 12.0 Å². The molecule has 1 aliphatic heterocycles. The third kappa shape index (κ3) is 3.93. The first-order valence-corrected chi connectivity index (χ1v) is 10.7. The van der Waals surface area contributed by atoms with Crippen LogP contribution in [0.4, 0.5) is 4.39 Å². The van der Waals surface area contributed by atoms with Gasteiger partial charge in [-0.15, -0.1) is 11.3 Å². The Labute approximate surface area is 158 Å². The average molecular weight is 399 g/mol. The summed E-state index contributed by atoms with van der Waals surface area (Å²) in [5, 5.41) is 0. The van der Waals surface area contributed by atoms with Crippen LogP contribution in [0.5, 0.6) is 5.75 Å². The molecule has 1 saturated heterocycles. The van der Waals surface area contributed by atoms with Crippen molar-refractivity contribution in [2.45, 2.75) is 25.3 Å². The molecule has 0 saturated carbocycles. The molecular weight excluding hydrogens is 375 g/mol. The molecule has 0 spiro atoms. The number of halogens is 1. The maximum Gasteiger partial charge on any atom is 0.244 e.